The maximum absolute atomic E-state index is 13.8. The largest absolute Gasteiger partial charge is 0.326 e. The summed E-state index contributed by atoms with van der Waals surface area (Å²) >= 11 is 0. The Kier molecular flexibility index (Phi) is 7.76. The van der Waals surface area contributed by atoms with Gasteiger partial charge in [0.1, 0.15) is 0 Å². The topological polar surface area (TPSA) is 59.2 Å². The van der Waals surface area contributed by atoms with Gasteiger partial charge in [-0.25, -0.2) is 0 Å². The van der Waals surface area contributed by atoms with Crippen LogP contribution in [0.1, 0.15) is 42.5 Å². The number of nitrogens with zero attached hydrogens (tertiary/aromatic N) is 2. The minimum Gasteiger partial charge on any atom is -0.326 e. The van der Waals surface area contributed by atoms with Crippen LogP contribution in [0.15, 0.2) is 103 Å². The Bertz CT molecular complexity index is 1290. The lowest BCUT2D eigenvalue weighted by molar-refractivity contribution is -0.120. The third-order valence-corrected chi connectivity index (χ3v) is 7.20. The molecule has 0 bridgehead atoms. The summed E-state index contributed by atoms with van der Waals surface area (Å²) < 4.78 is 0. The summed E-state index contributed by atoms with van der Waals surface area (Å²) in [5, 5.41) is 0. The van der Waals surface area contributed by atoms with Crippen molar-refractivity contribution >= 4 is 11.6 Å². The number of amides is 1. The molecule has 0 unspecified atom stereocenters. The molecule has 2 N–H and O–H groups in total. The number of aryl methyl sites for hydroxylation is 1. The van der Waals surface area contributed by atoms with Crippen LogP contribution >= 0.6 is 0 Å². The van der Waals surface area contributed by atoms with Crippen LogP contribution in [0.4, 0.5) is 5.69 Å². The first kappa shape index (κ1) is 24.9. The van der Waals surface area contributed by atoms with Gasteiger partial charge < -0.3 is 10.6 Å². The maximum atomic E-state index is 13.8. The molecule has 1 fully saturated rings. The normalized spacial score (nSPS) is 17.2. The standard InChI is InChI=1S/C33H35N3O/c1-2-8-24-12-14-26(15-13-24)27-16-18-29(19-17-27)36(23-28(34)21-25-9-4-3-5-10-25)33(37)31-22-30(31)32-11-6-7-20-35-32/h3-7,9-20,28,30-31H,2,8,21-23,34H2,1H3/t28-,30+,31+/m0/s1. The Labute approximate surface area is 220 Å². The van der Waals surface area contributed by atoms with E-state index in [9.17, 15) is 4.79 Å². The number of pyridine rings is 1. The molecule has 4 aromatic rings. The number of aromatic nitrogens is 1. The minimum atomic E-state index is -0.163. The van der Waals surface area contributed by atoms with Crippen LogP contribution in [0, 0.1) is 5.92 Å². The summed E-state index contributed by atoms with van der Waals surface area (Å²) in [6.07, 6.45) is 5.60. The first-order chi connectivity index (χ1) is 18.1. The third-order valence-electron chi connectivity index (χ3n) is 7.20. The number of benzene rings is 3. The summed E-state index contributed by atoms with van der Waals surface area (Å²) in [7, 11) is 0. The second-order valence-electron chi connectivity index (χ2n) is 10.1. The SMILES string of the molecule is CCCc1ccc(-c2ccc(N(C[C@@H](N)Cc3ccccc3)C(=O)[C@@H]3C[C@H]3c3ccccn3)cc2)cc1. The predicted molar refractivity (Wildman–Crippen MR) is 151 cm³/mol. The molecule has 0 aliphatic heterocycles. The van der Waals surface area contributed by atoms with Crippen molar-refractivity contribution in [1.82, 2.24) is 4.98 Å². The smallest absolute Gasteiger partial charge is 0.230 e. The molecule has 1 aliphatic rings. The molecular formula is C33H35N3O. The summed E-state index contributed by atoms with van der Waals surface area (Å²) in [5.74, 6) is 0.267. The highest BCUT2D eigenvalue weighted by atomic mass is 16.2. The summed E-state index contributed by atoms with van der Waals surface area (Å²) in [6.45, 7) is 2.68. The van der Waals surface area contributed by atoms with Crippen molar-refractivity contribution in [1.29, 1.82) is 0 Å². The van der Waals surface area contributed by atoms with E-state index in [0.29, 0.717) is 6.54 Å². The van der Waals surface area contributed by atoms with Crippen molar-refractivity contribution in [3.05, 3.63) is 120 Å². The number of hydrogen-bond donors (Lipinski definition) is 1. The molecule has 1 heterocycles. The highest BCUT2D eigenvalue weighted by Crippen LogP contribution is 2.48. The van der Waals surface area contributed by atoms with E-state index < -0.39 is 0 Å². The molecule has 3 aromatic carbocycles. The van der Waals surface area contributed by atoms with Crippen LogP contribution in [-0.2, 0) is 17.6 Å². The zero-order chi connectivity index (χ0) is 25.6. The van der Waals surface area contributed by atoms with Crippen LogP contribution in [0.2, 0.25) is 0 Å². The Morgan fingerprint density at radius 2 is 1.57 bits per heavy atom. The van der Waals surface area contributed by atoms with E-state index in [0.717, 1.165) is 42.6 Å². The van der Waals surface area contributed by atoms with Crippen LogP contribution in [0.25, 0.3) is 11.1 Å². The monoisotopic (exact) mass is 489 g/mol. The quantitative estimate of drug-likeness (QED) is 0.280. The lowest BCUT2D eigenvalue weighted by atomic mass is 10.0. The van der Waals surface area contributed by atoms with Gasteiger partial charge in [0, 0.05) is 42.0 Å². The minimum absolute atomic E-state index is 0.0513. The molecule has 3 atom stereocenters. The first-order valence-electron chi connectivity index (χ1n) is 13.3. The number of carbonyl (C=O) groups excluding carboxylic acids is 1. The average Bonchev–Trinajstić information content (AvgIpc) is 3.75. The van der Waals surface area contributed by atoms with E-state index in [1.54, 1.807) is 6.20 Å². The van der Waals surface area contributed by atoms with Crippen LogP contribution in [0.5, 0.6) is 0 Å². The van der Waals surface area contributed by atoms with E-state index in [-0.39, 0.29) is 23.8 Å². The fourth-order valence-corrected chi connectivity index (χ4v) is 5.12. The zero-order valence-electron chi connectivity index (χ0n) is 21.5. The molecule has 4 heteroatoms. The molecule has 5 rings (SSSR count). The number of hydrogen-bond acceptors (Lipinski definition) is 3. The Balaban J connectivity index is 1.35. The van der Waals surface area contributed by atoms with Crippen LogP contribution in [-0.4, -0.2) is 23.5 Å². The first-order valence-corrected chi connectivity index (χ1v) is 13.3. The van der Waals surface area contributed by atoms with Crippen molar-refractivity contribution in [2.24, 2.45) is 11.7 Å². The van der Waals surface area contributed by atoms with E-state index >= 15 is 0 Å². The van der Waals surface area contributed by atoms with Gasteiger partial charge in [-0.2, -0.15) is 0 Å². The van der Waals surface area contributed by atoms with E-state index in [1.807, 2.05) is 41.3 Å². The average molecular weight is 490 g/mol. The fraction of sp³-hybridized carbons (Fsp3) is 0.273. The van der Waals surface area contributed by atoms with Crippen molar-refractivity contribution < 1.29 is 4.79 Å². The van der Waals surface area contributed by atoms with Gasteiger partial charge in [-0.1, -0.05) is 86.1 Å². The second-order valence-corrected chi connectivity index (χ2v) is 10.1. The van der Waals surface area contributed by atoms with Gasteiger partial charge in [-0.05, 0) is 65.8 Å². The van der Waals surface area contributed by atoms with Crippen LogP contribution in [0.3, 0.4) is 0 Å². The fourth-order valence-electron chi connectivity index (χ4n) is 5.12. The zero-order valence-corrected chi connectivity index (χ0v) is 21.5. The molecule has 0 spiro atoms. The van der Waals surface area contributed by atoms with Gasteiger partial charge in [-0.15, -0.1) is 0 Å². The lowest BCUT2D eigenvalue weighted by Gasteiger charge is -2.27. The predicted octanol–water partition coefficient (Wildman–Crippen LogP) is 6.41. The number of anilines is 1. The van der Waals surface area contributed by atoms with E-state index in [4.69, 9.17) is 5.73 Å². The van der Waals surface area contributed by atoms with Crippen molar-refractivity contribution in [2.45, 2.75) is 44.6 Å². The Morgan fingerprint density at radius 3 is 2.22 bits per heavy atom. The lowest BCUT2D eigenvalue weighted by Crippen LogP contribution is -2.43. The van der Waals surface area contributed by atoms with Gasteiger partial charge in [0.25, 0.3) is 0 Å². The van der Waals surface area contributed by atoms with Gasteiger partial charge >= 0.3 is 0 Å². The van der Waals surface area contributed by atoms with Crippen molar-refractivity contribution in [3.63, 3.8) is 0 Å². The molecule has 4 nitrogen and oxygen atoms in total. The van der Waals surface area contributed by atoms with Gasteiger partial charge in [0.15, 0.2) is 0 Å². The van der Waals surface area contributed by atoms with Crippen LogP contribution < -0.4 is 10.6 Å². The molecule has 188 valence electrons. The molecule has 1 aromatic heterocycles. The van der Waals surface area contributed by atoms with Gasteiger partial charge in [-0.3, -0.25) is 9.78 Å². The summed E-state index contributed by atoms with van der Waals surface area (Å²) in [5.41, 5.74) is 13.4. The maximum Gasteiger partial charge on any atom is 0.230 e. The summed E-state index contributed by atoms with van der Waals surface area (Å²) in [6, 6.07) is 33.1. The molecule has 1 amide bonds. The molecule has 1 aliphatic carbocycles. The van der Waals surface area contributed by atoms with Gasteiger partial charge in [0.05, 0.1) is 0 Å². The molecule has 1 saturated carbocycles. The number of carbonyl (C=O) groups is 1. The second kappa shape index (κ2) is 11.5. The number of nitrogens with two attached hydrogens (primary N) is 1. The molecular weight excluding hydrogens is 454 g/mol. The molecule has 37 heavy (non-hydrogen) atoms. The van der Waals surface area contributed by atoms with Crippen molar-refractivity contribution in [3.8, 4) is 11.1 Å². The van der Waals surface area contributed by atoms with Crippen molar-refractivity contribution in [2.75, 3.05) is 11.4 Å². The molecule has 0 saturated heterocycles. The highest BCUT2D eigenvalue weighted by molar-refractivity contribution is 5.97. The Hall–Kier alpha value is -3.76. The molecule has 0 radical (unpaired) electrons. The summed E-state index contributed by atoms with van der Waals surface area (Å²) in [4.78, 5) is 20.2. The third kappa shape index (κ3) is 6.15. The highest BCUT2D eigenvalue weighted by Gasteiger charge is 2.47. The van der Waals surface area contributed by atoms with Gasteiger partial charge in [0.2, 0.25) is 5.91 Å². The van der Waals surface area contributed by atoms with E-state index in [2.05, 4.69) is 72.6 Å². The number of rotatable bonds is 10. The van der Waals surface area contributed by atoms with E-state index in [1.165, 1.54) is 16.7 Å². The Morgan fingerprint density at radius 1 is 0.892 bits per heavy atom.